The molecule has 0 aliphatic rings. The topological polar surface area (TPSA) is 92.1 Å². The van der Waals surface area contributed by atoms with E-state index < -0.39 is 18.0 Å². The molecule has 0 bridgehead atoms. The van der Waals surface area contributed by atoms with Crippen LogP contribution < -0.4 is 5.32 Å². The van der Waals surface area contributed by atoms with E-state index in [2.05, 4.69) is 10.3 Å². The molecule has 0 aliphatic carbocycles. The summed E-state index contributed by atoms with van der Waals surface area (Å²) < 4.78 is 5.09. The molecule has 1 heterocycles. The average Bonchev–Trinajstić information content (AvgIpc) is 2.56. The van der Waals surface area contributed by atoms with Gasteiger partial charge in [0.25, 0.3) is 5.91 Å². The number of nitrogens with one attached hydrogen (secondary N) is 1. The summed E-state index contributed by atoms with van der Waals surface area (Å²) in [6.45, 7) is 1.44. The molecule has 1 N–H and O–H groups in total. The Bertz CT molecular complexity index is 786. The van der Waals surface area contributed by atoms with Crippen LogP contribution in [0.1, 0.15) is 22.8 Å². The molecule has 0 fully saturated rings. The van der Waals surface area contributed by atoms with Crippen LogP contribution in [0.5, 0.6) is 0 Å². The van der Waals surface area contributed by atoms with Gasteiger partial charge in [-0.1, -0.05) is 17.7 Å². The third-order valence-corrected chi connectivity index (χ3v) is 3.20. The Labute approximate surface area is 137 Å². The van der Waals surface area contributed by atoms with Gasteiger partial charge in [-0.3, -0.25) is 4.79 Å². The number of aromatic nitrogens is 1. The summed E-state index contributed by atoms with van der Waals surface area (Å²) in [4.78, 5) is 27.9. The van der Waals surface area contributed by atoms with Crippen molar-refractivity contribution in [3.63, 3.8) is 0 Å². The number of nitrogens with zero attached hydrogens (tertiary/aromatic N) is 2. The van der Waals surface area contributed by atoms with Crippen LogP contribution in [0.4, 0.5) is 5.69 Å². The Kier molecular flexibility index (Phi) is 5.28. The van der Waals surface area contributed by atoms with Gasteiger partial charge in [-0.05, 0) is 37.3 Å². The number of ether oxygens (including phenoxy) is 1. The standard InChI is InChI=1S/C16H12ClN3O3/c1-10(15(21)20-13-6-3-7-19-14(13)17)23-16(22)12-5-2-4-11(8-12)9-18/h2-8,10H,1H3,(H,20,21)/t10-/m0/s1. The zero-order valence-electron chi connectivity index (χ0n) is 12.1. The molecular formula is C16H12ClN3O3. The SMILES string of the molecule is C[C@H](OC(=O)c1cccc(C#N)c1)C(=O)Nc1cccnc1Cl. The number of rotatable bonds is 4. The van der Waals surface area contributed by atoms with E-state index in [1.54, 1.807) is 24.3 Å². The number of hydrogen-bond acceptors (Lipinski definition) is 5. The van der Waals surface area contributed by atoms with Gasteiger partial charge in [0.15, 0.2) is 11.3 Å². The monoisotopic (exact) mass is 329 g/mol. The van der Waals surface area contributed by atoms with E-state index in [4.69, 9.17) is 21.6 Å². The molecule has 1 atom stereocenters. The number of amides is 1. The van der Waals surface area contributed by atoms with Gasteiger partial charge in [0, 0.05) is 6.20 Å². The Balaban J connectivity index is 2.02. The fourth-order valence-electron chi connectivity index (χ4n) is 1.71. The lowest BCUT2D eigenvalue weighted by molar-refractivity contribution is -0.123. The van der Waals surface area contributed by atoms with Crippen molar-refractivity contribution in [1.82, 2.24) is 4.98 Å². The lowest BCUT2D eigenvalue weighted by atomic mass is 10.1. The summed E-state index contributed by atoms with van der Waals surface area (Å²) in [7, 11) is 0. The predicted molar refractivity (Wildman–Crippen MR) is 83.9 cm³/mol. The van der Waals surface area contributed by atoms with Gasteiger partial charge in [0.1, 0.15) is 0 Å². The van der Waals surface area contributed by atoms with Crippen LogP contribution in [0, 0.1) is 11.3 Å². The Morgan fingerprint density at radius 2 is 2.13 bits per heavy atom. The van der Waals surface area contributed by atoms with Crippen molar-refractivity contribution in [3.05, 3.63) is 58.9 Å². The molecule has 2 rings (SSSR count). The first-order valence-corrected chi connectivity index (χ1v) is 7.01. The van der Waals surface area contributed by atoms with Crippen LogP contribution in [0.15, 0.2) is 42.6 Å². The highest BCUT2D eigenvalue weighted by atomic mass is 35.5. The van der Waals surface area contributed by atoms with Gasteiger partial charge in [0.2, 0.25) is 0 Å². The smallest absolute Gasteiger partial charge is 0.338 e. The number of benzene rings is 1. The maximum Gasteiger partial charge on any atom is 0.338 e. The number of esters is 1. The van der Waals surface area contributed by atoms with E-state index in [9.17, 15) is 9.59 Å². The third kappa shape index (κ3) is 4.28. The van der Waals surface area contributed by atoms with Crippen LogP contribution in [0.25, 0.3) is 0 Å². The summed E-state index contributed by atoms with van der Waals surface area (Å²) in [5.74, 6) is -1.23. The van der Waals surface area contributed by atoms with Gasteiger partial charge < -0.3 is 10.1 Å². The molecule has 7 heteroatoms. The fraction of sp³-hybridized carbons (Fsp3) is 0.125. The van der Waals surface area contributed by atoms with Crippen molar-refractivity contribution < 1.29 is 14.3 Å². The minimum atomic E-state index is -1.04. The van der Waals surface area contributed by atoms with Crippen LogP contribution in [0.2, 0.25) is 5.15 Å². The number of carbonyl (C=O) groups is 2. The number of carbonyl (C=O) groups excluding carboxylic acids is 2. The van der Waals surface area contributed by atoms with Crippen LogP contribution in [-0.2, 0) is 9.53 Å². The summed E-state index contributed by atoms with van der Waals surface area (Å²) in [6, 6.07) is 11.2. The van der Waals surface area contributed by atoms with Crippen LogP contribution in [-0.4, -0.2) is 23.0 Å². The Morgan fingerprint density at radius 1 is 1.35 bits per heavy atom. The molecule has 116 valence electrons. The highest BCUT2D eigenvalue weighted by molar-refractivity contribution is 6.32. The number of pyridine rings is 1. The molecule has 0 radical (unpaired) electrons. The molecule has 0 unspecified atom stereocenters. The minimum Gasteiger partial charge on any atom is -0.449 e. The van der Waals surface area contributed by atoms with Crippen LogP contribution in [0.3, 0.4) is 0 Å². The summed E-state index contributed by atoms with van der Waals surface area (Å²) in [5.41, 5.74) is 0.857. The largest absolute Gasteiger partial charge is 0.449 e. The van der Waals surface area contributed by atoms with E-state index in [1.165, 1.54) is 25.3 Å². The van der Waals surface area contributed by atoms with E-state index in [0.717, 1.165) is 0 Å². The first kappa shape index (κ1) is 16.5. The first-order valence-electron chi connectivity index (χ1n) is 6.64. The zero-order chi connectivity index (χ0) is 16.8. The van der Waals surface area contributed by atoms with E-state index in [1.807, 2.05) is 6.07 Å². The highest BCUT2D eigenvalue weighted by Gasteiger charge is 2.20. The molecule has 1 amide bonds. The average molecular weight is 330 g/mol. The van der Waals surface area contributed by atoms with Crippen molar-refractivity contribution >= 4 is 29.2 Å². The lowest BCUT2D eigenvalue weighted by Gasteiger charge is -2.14. The molecule has 0 aliphatic heterocycles. The van der Waals surface area contributed by atoms with Crippen molar-refractivity contribution in [2.45, 2.75) is 13.0 Å². The number of nitriles is 1. The number of halogens is 1. The van der Waals surface area contributed by atoms with Crippen molar-refractivity contribution in [1.29, 1.82) is 5.26 Å². The predicted octanol–water partition coefficient (Wildman–Crippen LogP) is 2.79. The zero-order valence-corrected chi connectivity index (χ0v) is 12.9. The molecule has 1 aromatic heterocycles. The van der Waals surface area contributed by atoms with Crippen molar-refractivity contribution in [2.75, 3.05) is 5.32 Å². The van der Waals surface area contributed by atoms with Crippen molar-refractivity contribution in [3.8, 4) is 6.07 Å². The molecule has 2 aromatic rings. The minimum absolute atomic E-state index is 0.140. The maximum absolute atomic E-state index is 12.0. The molecule has 6 nitrogen and oxygen atoms in total. The molecule has 23 heavy (non-hydrogen) atoms. The van der Waals surface area contributed by atoms with Crippen LogP contribution >= 0.6 is 11.6 Å². The number of anilines is 1. The molecule has 0 saturated heterocycles. The maximum atomic E-state index is 12.0. The van der Waals surface area contributed by atoms with Gasteiger partial charge in [0.05, 0.1) is 22.9 Å². The third-order valence-electron chi connectivity index (χ3n) is 2.90. The lowest BCUT2D eigenvalue weighted by Crippen LogP contribution is -2.30. The summed E-state index contributed by atoms with van der Waals surface area (Å²) in [5, 5.41) is 11.5. The van der Waals surface area contributed by atoms with Gasteiger partial charge in [-0.25, -0.2) is 9.78 Å². The second-order valence-electron chi connectivity index (χ2n) is 4.57. The quantitative estimate of drug-likeness (QED) is 0.687. The second-order valence-corrected chi connectivity index (χ2v) is 4.93. The van der Waals surface area contributed by atoms with E-state index in [-0.39, 0.29) is 10.7 Å². The fourth-order valence-corrected chi connectivity index (χ4v) is 1.88. The first-order chi connectivity index (χ1) is 11.0. The molecule has 0 spiro atoms. The normalized spacial score (nSPS) is 11.2. The second kappa shape index (κ2) is 7.38. The van der Waals surface area contributed by atoms with Gasteiger partial charge in [-0.2, -0.15) is 5.26 Å². The van der Waals surface area contributed by atoms with Gasteiger partial charge in [-0.15, -0.1) is 0 Å². The molecule has 0 saturated carbocycles. The summed E-state index contributed by atoms with van der Waals surface area (Å²) >= 11 is 5.84. The summed E-state index contributed by atoms with van der Waals surface area (Å²) in [6.07, 6.45) is 0.452. The van der Waals surface area contributed by atoms with E-state index >= 15 is 0 Å². The Morgan fingerprint density at radius 3 is 2.83 bits per heavy atom. The van der Waals surface area contributed by atoms with Crippen molar-refractivity contribution in [2.24, 2.45) is 0 Å². The Hall–Kier alpha value is -2.91. The number of hydrogen-bond donors (Lipinski definition) is 1. The molecular weight excluding hydrogens is 318 g/mol. The van der Waals surface area contributed by atoms with Gasteiger partial charge >= 0.3 is 5.97 Å². The molecule has 1 aromatic carbocycles. The highest BCUT2D eigenvalue weighted by Crippen LogP contribution is 2.18. The van der Waals surface area contributed by atoms with E-state index in [0.29, 0.717) is 11.3 Å².